The molecule has 1 atom stereocenters. The van der Waals surface area contributed by atoms with E-state index in [1.54, 1.807) is 6.21 Å². The van der Waals surface area contributed by atoms with Crippen LogP contribution in [-0.4, -0.2) is 17.8 Å². The van der Waals surface area contributed by atoms with E-state index in [1.807, 2.05) is 78.9 Å². The van der Waals surface area contributed by atoms with Crippen LogP contribution in [0.3, 0.4) is 0 Å². The van der Waals surface area contributed by atoms with Crippen molar-refractivity contribution in [3.63, 3.8) is 0 Å². The highest BCUT2D eigenvalue weighted by molar-refractivity contribution is 6.03. The van der Waals surface area contributed by atoms with Gasteiger partial charge in [0.25, 0.3) is 0 Å². The Morgan fingerprint density at radius 2 is 1.49 bits per heavy atom. The third kappa shape index (κ3) is 5.53. The first-order valence-corrected chi connectivity index (χ1v) is 11.7. The van der Waals surface area contributed by atoms with Crippen LogP contribution in [0.4, 0.5) is 5.69 Å². The summed E-state index contributed by atoms with van der Waals surface area (Å²) in [5, 5.41) is 11.2. The summed E-state index contributed by atoms with van der Waals surface area (Å²) in [6.45, 7) is 0. The summed E-state index contributed by atoms with van der Waals surface area (Å²) >= 11 is 0. The SMILES string of the molecule is O=C(Cc1ccccc1)N/N=C\c1ccc(N2N=C(c3ccccc3)CC2c2ccccc2)cc1. The van der Waals surface area contributed by atoms with Crippen molar-refractivity contribution >= 4 is 23.5 Å². The summed E-state index contributed by atoms with van der Waals surface area (Å²) in [4.78, 5) is 12.1. The zero-order chi connectivity index (χ0) is 23.9. The number of hydrogen-bond donors (Lipinski definition) is 1. The first kappa shape index (κ1) is 22.3. The van der Waals surface area contributed by atoms with Gasteiger partial charge >= 0.3 is 0 Å². The Bertz CT molecular complexity index is 1320. The van der Waals surface area contributed by atoms with Crippen molar-refractivity contribution < 1.29 is 4.79 Å². The number of hydrogen-bond acceptors (Lipinski definition) is 4. The maximum Gasteiger partial charge on any atom is 0.244 e. The third-order valence-electron chi connectivity index (χ3n) is 5.97. The summed E-state index contributed by atoms with van der Waals surface area (Å²) in [5.74, 6) is -0.144. The fourth-order valence-electron chi connectivity index (χ4n) is 4.20. The molecule has 5 heteroatoms. The standard InChI is InChI=1S/C30H26N4O/c35-30(20-23-10-4-1-5-11-23)32-31-22-24-16-18-27(19-17-24)34-29(26-14-8-3-9-15-26)21-28(33-34)25-12-6-2-7-13-25/h1-19,22,29H,20-21H2,(H,32,35)/b31-22-. The van der Waals surface area contributed by atoms with Gasteiger partial charge in [-0.15, -0.1) is 0 Å². The smallest absolute Gasteiger partial charge is 0.244 e. The number of carbonyl (C=O) groups is 1. The molecule has 172 valence electrons. The minimum atomic E-state index is -0.144. The summed E-state index contributed by atoms with van der Waals surface area (Å²) in [7, 11) is 0. The van der Waals surface area contributed by atoms with Crippen molar-refractivity contribution in [3.05, 3.63) is 138 Å². The molecule has 0 bridgehead atoms. The van der Waals surface area contributed by atoms with E-state index >= 15 is 0 Å². The lowest BCUT2D eigenvalue weighted by molar-refractivity contribution is -0.120. The Kier molecular flexibility index (Phi) is 6.76. The highest BCUT2D eigenvalue weighted by Gasteiger charge is 2.29. The molecule has 1 N–H and O–H groups in total. The Hall–Kier alpha value is -4.51. The van der Waals surface area contributed by atoms with Crippen LogP contribution >= 0.6 is 0 Å². The molecule has 1 aliphatic rings. The van der Waals surface area contributed by atoms with Gasteiger partial charge in [-0.2, -0.15) is 10.2 Å². The van der Waals surface area contributed by atoms with E-state index in [9.17, 15) is 4.79 Å². The molecule has 5 rings (SSSR count). The summed E-state index contributed by atoms with van der Waals surface area (Å²) in [5.41, 5.74) is 8.92. The van der Waals surface area contributed by atoms with Crippen LogP contribution < -0.4 is 10.4 Å². The van der Waals surface area contributed by atoms with E-state index in [2.05, 4.69) is 51.9 Å². The van der Waals surface area contributed by atoms with E-state index < -0.39 is 0 Å². The van der Waals surface area contributed by atoms with Crippen LogP contribution in [0, 0.1) is 0 Å². The van der Waals surface area contributed by atoms with E-state index in [0.717, 1.165) is 34.5 Å². The highest BCUT2D eigenvalue weighted by atomic mass is 16.2. The molecule has 1 amide bonds. The number of rotatable bonds is 7. The fraction of sp³-hybridized carbons (Fsp3) is 0.100. The highest BCUT2D eigenvalue weighted by Crippen LogP contribution is 2.36. The van der Waals surface area contributed by atoms with Crippen LogP contribution in [0.25, 0.3) is 0 Å². The molecule has 5 nitrogen and oxygen atoms in total. The number of nitrogens with one attached hydrogen (secondary N) is 1. The van der Waals surface area contributed by atoms with E-state index in [0.29, 0.717) is 6.42 Å². The van der Waals surface area contributed by atoms with Gasteiger partial charge in [0.05, 0.1) is 30.1 Å². The maximum absolute atomic E-state index is 12.1. The van der Waals surface area contributed by atoms with E-state index in [1.165, 1.54) is 5.56 Å². The van der Waals surface area contributed by atoms with Gasteiger partial charge in [0.1, 0.15) is 0 Å². The number of nitrogens with zero attached hydrogens (tertiary/aromatic N) is 3. The molecule has 0 aliphatic carbocycles. The number of anilines is 1. The molecule has 0 saturated heterocycles. The average molecular weight is 459 g/mol. The molecule has 0 aromatic heterocycles. The Balaban J connectivity index is 1.30. The van der Waals surface area contributed by atoms with E-state index in [-0.39, 0.29) is 11.9 Å². The van der Waals surface area contributed by atoms with E-state index in [4.69, 9.17) is 5.10 Å². The predicted octanol–water partition coefficient (Wildman–Crippen LogP) is 5.74. The van der Waals surface area contributed by atoms with Crippen molar-refractivity contribution in [1.29, 1.82) is 0 Å². The van der Waals surface area contributed by atoms with Crippen LogP contribution in [0.5, 0.6) is 0 Å². The Morgan fingerprint density at radius 3 is 2.17 bits per heavy atom. The summed E-state index contributed by atoms with van der Waals surface area (Å²) in [6.07, 6.45) is 2.80. The van der Waals surface area contributed by atoms with Crippen LogP contribution in [0.2, 0.25) is 0 Å². The normalized spacial score (nSPS) is 15.3. The third-order valence-corrected chi connectivity index (χ3v) is 5.97. The minimum Gasteiger partial charge on any atom is -0.273 e. The summed E-state index contributed by atoms with van der Waals surface area (Å²) < 4.78 is 0. The molecule has 0 radical (unpaired) electrons. The Morgan fingerprint density at radius 1 is 0.857 bits per heavy atom. The maximum atomic E-state index is 12.1. The molecular weight excluding hydrogens is 432 g/mol. The van der Waals surface area contributed by atoms with Crippen molar-refractivity contribution in [2.75, 3.05) is 5.01 Å². The molecule has 35 heavy (non-hydrogen) atoms. The lowest BCUT2D eigenvalue weighted by Crippen LogP contribution is -2.19. The molecule has 1 unspecified atom stereocenters. The zero-order valence-electron chi connectivity index (χ0n) is 19.3. The van der Waals surface area contributed by atoms with Crippen molar-refractivity contribution in [2.24, 2.45) is 10.2 Å². The quantitative estimate of drug-likeness (QED) is 0.284. The molecule has 4 aromatic carbocycles. The minimum absolute atomic E-state index is 0.128. The topological polar surface area (TPSA) is 57.1 Å². The molecular formula is C30H26N4O. The van der Waals surface area contributed by atoms with Crippen LogP contribution in [0.1, 0.15) is 34.7 Å². The average Bonchev–Trinajstić information content (AvgIpc) is 3.36. The van der Waals surface area contributed by atoms with Crippen molar-refractivity contribution in [1.82, 2.24) is 5.43 Å². The van der Waals surface area contributed by atoms with Gasteiger partial charge in [-0.05, 0) is 34.4 Å². The zero-order valence-corrected chi connectivity index (χ0v) is 19.3. The number of amides is 1. The number of benzene rings is 4. The molecule has 0 spiro atoms. The first-order chi connectivity index (χ1) is 17.3. The second-order valence-corrected chi connectivity index (χ2v) is 8.43. The Labute approximate surface area is 205 Å². The largest absolute Gasteiger partial charge is 0.273 e. The van der Waals surface area contributed by atoms with Gasteiger partial charge in [-0.3, -0.25) is 9.80 Å². The monoisotopic (exact) mass is 458 g/mol. The molecule has 1 heterocycles. The van der Waals surface area contributed by atoms with Crippen molar-refractivity contribution in [3.8, 4) is 0 Å². The second-order valence-electron chi connectivity index (χ2n) is 8.43. The molecule has 4 aromatic rings. The number of carbonyl (C=O) groups excluding carboxylic acids is 1. The van der Waals surface area contributed by atoms with Crippen LogP contribution in [0.15, 0.2) is 125 Å². The fourth-order valence-corrected chi connectivity index (χ4v) is 4.20. The van der Waals surface area contributed by atoms with Gasteiger partial charge in [0.2, 0.25) is 5.91 Å². The second kappa shape index (κ2) is 10.6. The molecule has 0 saturated carbocycles. The first-order valence-electron chi connectivity index (χ1n) is 11.7. The number of hydrazone groups is 2. The molecule has 1 aliphatic heterocycles. The lowest BCUT2D eigenvalue weighted by atomic mass is 9.98. The van der Waals surface area contributed by atoms with Crippen LogP contribution in [-0.2, 0) is 11.2 Å². The lowest BCUT2D eigenvalue weighted by Gasteiger charge is -2.24. The van der Waals surface area contributed by atoms with Gasteiger partial charge in [-0.1, -0.05) is 103 Å². The molecule has 0 fully saturated rings. The predicted molar refractivity (Wildman–Crippen MR) is 142 cm³/mol. The van der Waals surface area contributed by atoms with Crippen molar-refractivity contribution in [2.45, 2.75) is 18.9 Å². The summed E-state index contributed by atoms with van der Waals surface area (Å²) in [6, 6.07) is 38.6. The van der Waals surface area contributed by atoms with Gasteiger partial charge in [0.15, 0.2) is 0 Å². The van der Waals surface area contributed by atoms with Gasteiger partial charge in [0, 0.05) is 6.42 Å². The van der Waals surface area contributed by atoms with Gasteiger partial charge < -0.3 is 0 Å². The van der Waals surface area contributed by atoms with Gasteiger partial charge in [-0.25, -0.2) is 5.43 Å².